The second-order valence-corrected chi connectivity index (χ2v) is 18.7. The molecule has 1 fully saturated rings. The molecule has 1 aliphatic heterocycles. The number of carbonyl (C=O) groups is 1. The van der Waals surface area contributed by atoms with E-state index in [1.165, 1.54) is 167 Å². The van der Waals surface area contributed by atoms with Crippen LogP contribution in [0.3, 0.4) is 0 Å². The molecule has 7 atom stereocenters. The van der Waals surface area contributed by atoms with Crippen LogP contribution in [0.1, 0.15) is 245 Å². The van der Waals surface area contributed by atoms with Gasteiger partial charge in [-0.15, -0.1) is 0 Å². The van der Waals surface area contributed by atoms with Crippen LogP contribution in [0.25, 0.3) is 0 Å². The Balaban J connectivity index is 2.14. The molecule has 0 aromatic carbocycles. The molecule has 6 N–H and O–H groups in total. The Morgan fingerprint density at radius 2 is 0.905 bits per heavy atom. The van der Waals surface area contributed by atoms with Gasteiger partial charge >= 0.3 is 0 Å². The molecule has 0 bridgehead atoms. The van der Waals surface area contributed by atoms with Crippen molar-refractivity contribution in [3.8, 4) is 0 Å². The van der Waals surface area contributed by atoms with Crippen LogP contribution in [-0.4, -0.2) is 87.5 Å². The van der Waals surface area contributed by atoms with Crippen LogP contribution < -0.4 is 5.32 Å². The summed E-state index contributed by atoms with van der Waals surface area (Å²) in [6.07, 6.45) is 49.5. The van der Waals surface area contributed by atoms with Crippen molar-refractivity contribution >= 4 is 5.91 Å². The first-order valence-electron chi connectivity index (χ1n) is 26.7. The molecule has 7 unspecified atom stereocenters. The zero-order valence-electron chi connectivity index (χ0n) is 40.8. The third-order valence-electron chi connectivity index (χ3n) is 12.7. The molecule has 0 spiro atoms. The van der Waals surface area contributed by atoms with E-state index in [1.54, 1.807) is 6.08 Å². The molecular formula is C54H101NO8. The predicted octanol–water partition coefficient (Wildman–Crippen LogP) is 12.4. The number of aliphatic hydroxyl groups excluding tert-OH is 5. The van der Waals surface area contributed by atoms with E-state index in [1.807, 2.05) is 6.08 Å². The van der Waals surface area contributed by atoms with Gasteiger partial charge in [0.05, 0.1) is 25.4 Å². The van der Waals surface area contributed by atoms with Crippen LogP contribution in [0, 0.1) is 0 Å². The molecule has 9 heteroatoms. The number of amides is 1. The van der Waals surface area contributed by atoms with Gasteiger partial charge in [-0.2, -0.15) is 0 Å². The molecule has 63 heavy (non-hydrogen) atoms. The number of carbonyl (C=O) groups excluding carboxylic acids is 1. The topological polar surface area (TPSA) is 149 Å². The van der Waals surface area contributed by atoms with Crippen molar-refractivity contribution in [1.82, 2.24) is 5.32 Å². The Hall–Kier alpha value is -1.59. The minimum atomic E-state index is -1.57. The lowest BCUT2D eigenvalue weighted by molar-refractivity contribution is -0.302. The quantitative estimate of drug-likeness (QED) is 0.0261. The molecule has 0 aromatic heterocycles. The number of ether oxygens (including phenoxy) is 2. The fraction of sp³-hybridized carbons (Fsp3) is 0.870. The SMILES string of the molecule is CCC/C=C/CC/C=C/CC/C=C/C(O)C(COC1OC(CO)C(O)C(O)C1O)NC(=O)CCCCCCCCCCCCCCCCCCCCCCCCCCCCCCC. The summed E-state index contributed by atoms with van der Waals surface area (Å²) in [6.45, 7) is 3.69. The van der Waals surface area contributed by atoms with Crippen molar-refractivity contribution in [3.63, 3.8) is 0 Å². The molecule has 9 nitrogen and oxygen atoms in total. The highest BCUT2D eigenvalue weighted by Crippen LogP contribution is 2.23. The number of rotatable bonds is 45. The van der Waals surface area contributed by atoms with Gasteiger partial charge in [-0.3, -0.25) is 4.79 Å². The van der Waals surface area contributed by atoms with E-state index in [0.29, 0.717) is 6.42 Å². The van der Waals surface area contributed by atoms with Gasteiger partial charge in [0, 0.05) is 6.42 Å². The van der Waals surface area contributed by atoms with Crippen molar-refractivity contribution in [2.75, 3.05) is 13.2 Å². The molecule has 0 radical (unpaired) electrons. The molecule has 1 aliphatic rings. The Morgan fingerprint density at radius 3 is 1.30 bits per heavy atom. The Bertz CT molecular complexity index is 1080. The molecule has 1 saturated heterocycles. The summed E-state index contributed by atoms with van der Waals surface area (Å²) in [4.78, 5) is 13.0. The normalized spacial score (nSPS) is 20.4. The van der Waals surface area contributed by atoms with Gasteiger partial charge in [0.15, 0.2) is 6.29 Å². The average molecular weight is 892 g/mol. The van der Waals surface area contributed by atoms with E-state index in [-0.39, 0.29) is 12.5 Å². The highest BCUT2D eigenvalue weighted by molar-refractivity contribution is 5.76. The van der Waals surface area contributed by atoms with Gasteiger partial charge in [0.25, 0.3) is 0 Å². The van der Waals surface area contributed by atoms with Crippen LogP contribution in [0.15, 0.2) is 36.5 Å². The first kappa shape index (κ1) is 59.4. The van der Waals surface area contributed by atoms with E-state index < -0.39 is 49.5 Å². The third-order valence-corrected chi connectivity index (χ3v) is 12.7. The van der Waals surface area contributed by atoms with E-state index in [4.69, 9.17) is 9.47 Å². The molecule has 0 saturated carbocycles. The van der Waals surface area contributed by atoms with Crippen molar-refractivity contribution in [1.29, 1.82) is 0 Å². The second kappa shape index (κ2) is 44.3. The summed E-state index contributed by atoms with van der Waals surface area (Å²) in [5, 5.41) is 54.2. The molecule has 370 valence electrons. The maximum Gasteiger partial charge on any atom is 0.220 e. The van der Waals surface area contributed by atoms with Gasteiger partial charge in [-0.25, -0.2) is 0 Å². The average Bonchev–Trinajstić information content (AvgIpc) is 3.28. The van der Waals surface area contributed by atoms with Crippen molar-refractivity contribution < 1.29 is 39.8 Å². The number of nitrogens with one attached hydrogen (secondary N) is 1. The minimum Gasteiger partial charge on any atom is -0.394 e. The fourth-order valence-corrected chi connectivity index (χ4v) is 8.43. The van der Waals surface area contributed by atoms with Crippen molar-refractivity contribution in [2.24, 2.45) is 0 Å². The van der Waals surface area contributed by atoms with Crippen LogP contribution in [0.5, 0.6) is 0 Å². The third kappa shape index (κ3) is 34.4. The Morgan fingerprint density at radius 1 is 0.524 bits per heavy atom. The Kier molecular flexibility index (Phi) is 41.7. The summed E-state index contributed by atoms with van der Waals surface area (Å²) >= 11 is 0. The molecule has 1 rings (SSSR count). The minimum absolute atomic E-state index is 0.189. The zero-order chi connectivity index (χ0) is 45.9. The molecule has 0 aliphatic carbocycles. The molecule has 1 amide bonds. The first-order valence-corrected chi connectivity index (χ1v) is 26.7. The lowest BCUT2D eigenvalue weighted by Gasteiger charge is -2.40. The standard InChI is InChI=1S/C54H101NO8/c1-3-5-7-9-11-13-15-16-17-18-19-20-21-22-23-24-25-26-27-28-29-30-31-32-34-36-38-40-42-44-50(58)55-47(46-62-54-53(61)52(60)51(59)49(45-56)63-54)48(57)43-41-39-37-35-33-14-12-10-8-6-4-2/h8,10,33,35,41,43,47-49,51-54,56-57,59-61H,3-7,9,11-32,34,36-40,42,44-46H2,1-2H3,(H,55,58)/b10-8+,35-33+,43-41+. The van der Waals surface area contributed by atoms with Gasteiger partial charge < -0.3 is 40.3 Å². The van der Waals surface area contributed by atoms with Crippen LogP contribution >= 0.6 is 0 Å². The Labute approximate surface area is 387 Å². The fourth-order valence-electron chi connectivity index (χ4n) is 8.43. The summed E-state index contributed by atoms with van der Waals surface area (Å²) in [6, 6.07) is -0.824. The van der Waals surface area contributed by atoms with Crippen LogP contribution in [-0.2, 0) is 14.3 Å². The summed E-state index contributed by atoms with van der Waals surface area (Å²) in [5.41, 5.74) is 0. The van der Waals surface area contributed by atoms with E-state index in [2.05, 4.69) is 43.5 Å². The van der Waals surface area contributed by atoms with Gasteiger partial charge in [-0.05, 0) is 38.5 Å². The second-order valence-electron chi connectivity index (χ2n) is 18.7. The van der Waals surface area contributed by atoms with E-state index >= 15 is 0 Å². The molecular weight excluding hydrogens is 791 g/mol. The monoisotopic (exact) mass is 892 g/mol. The van der Waals surface area contributed by atoms with Gasteiger partial charge in [0.1, 0.15) is 24.4 Å². The highest BCUT2D eigenvalue weighted by Gasteiger charge is 2.44. The molecule has 1 heterocycles. The smallest absolute Gasteiger partial charge is 0.220 e. The first-order chi connectivity index (χ1) is 30.8. The highest BCUT2D eigenvalue weighted by atomic mass is 16.7. The maximum atomic E-state index is 13.0. The summed E-state index contributed by atoms with van der Waals surface area (Å²) < 4.78 is 11.2. The number of aliphatic hydroxyl groups is 5. The van der Waals surface area contributed by atoms with Gasteiger partial charge in [-0.1, -0.05) is 237 Å². The lowest BCUT2D eigenvalue weighted by Crippen LogP contribution is -2.60. The number of hydrogen-bond acceptors (Lipinski definition) is 8. The summed E-state index contributed by atoms with van der Waals surface area (Å²) in [5.74, 6) is -0.189. The van der Waals surface area contributed by atoms with E-state index in [0.717, 1.165) is 57.8 Å². The molecule has 0 aromatic rings. The van der Waals surface area contributed by atoms with E-state index in [9.17, 15) is 30.3 Å². The number of hydrogen-bond donors (Lipinski definition) is 6. The van der Waals surface area contributed by atoms with Crippen molar-refractivity contribution in [3.05, 3.63) is 36.5 Å². The van der Waals surface area contributed by atoms with Crippen molar-refractivity contribution in [2.45, 2.75) is 288 Å². The number of unbranched alkanes of at least 4 members (excludes halogenated alkanes) is 31. The lowest BCUT2D eigenvalue weighted by atomic mass is 9.99. The largest absolute Gasteiger partial charge is 0.394 e. The maximum absolute atomic E-state index is 13.0. The number of allylic oxidation sites excluding steroid dienone is 5. The summed E-state index contributed by atoms with van der Waals surface area (Å²) in [7, 11) is 0. The zero-order valence-corrected chi connectivity index (χ0v) is 40.8. The van der Waals surface area contributed by atoms with Crippen LogP contribution in [0.2, 0.25) is 0 Å². The van der Waals surface area contributed by atoms with Gasteiger partial charge in [0.2, 0.25) is 5.91 Å². The predicted molar refractivity (Wildman–Crippen MR) is 263 cm³/mol. The van der Waals surface area contributed by atoms with Crippen LogP contribution in [0.4, 0.5) is 0 Å².